The van der Waals surface area contributed by atoms with Crippen LogP contribution in [0.2, 0.25) is 0 Å². The van der Waals surface area contributed by atoms with Gasteiger partial charge in [-0.05, 0) is 44.5 Å². The van der Waals surface area contributed by atoms with Gasteiger partial charge in [0.25, 0.3) is 0 Å². The minimum absolute atomic E-state index is 0.239. The van der Waals surface area contributed by atoms with Crippen molar-refractivity contribution in [3.8, 4) is 11.3 Å². The minimum atomic E-state index is -0.239. The molecule has 0 saturated heterocycles. The van der Waals surface area contributed by atoms with Crippen LogP contribution in [0.3, 0.4) is 0 Å². The van der Waals surface area contributed by atoms with E-state index in [0.29, 0.717) is 5.82 Å². The van der Waals surface area contributed by atoms with E-state index in [0.717, 1.165) is 35.6 Å². The van der Waals surface area contributed by atoms with Crippen LogP contribution in [0.15, 0.2) is 24.3 Å². The Labute approximate surface area is 112 Å². The maximum absolute atomic E-state index is 13.0. The summed E-state index contributed by atoms with van der Waals surface area (Å²) in [6.07, 6.45) is 1.04. The Morgan fingerprint density at radius 1 is 1.11 bits per heavy atom. The maximum atomic E-state index is 13.0. The average Bonchev–Trinajstić information content (AvgIpc) is 2.40. The molecule has 0 unspecified atom stereocenters. The lowest BCUT2D eigenvalue weighted by atomic mass is 10.1. The topological polar surface area (TPSA) is 37.8 Å². The van der Waals surface area contributed by atoms with E-state index >= 15 is 0 Å². The second kappa shape index (κ2) is 5.78. The molecule has 0 amide bonds. The molecular formula is C15H18FN3. The Kier molecular flexibility index (Phi) is 4.10. The lowest BCUT2D eigenvalue weighted by Gasteiger charge is -2.12. The van der Waals surface area contributed by atoms with E-state index in [-0.39, 0.29) is 5.82 Å². The number of aromatic nitrogens is 2. The number of halogens is 1. The molecule has 1 aromatic heterocycles. The van der Waals surface area contributed by atoms with E-state index in [1.54, 1.807) is 12.1 Å². The summed E-state index contributed by atoms with van der Waals surface area (Å²) in [5.41, 5.74) is 2.75. The van der Waals surface area contributed by atoms with Crippen LogP contribution >= 0.6 is 0 Å². The molecule has 0 aliphatic heterocycles. The van der Waals surface area contributed by atoms with Gasteiger partial charge >= 0.3 is 0 Å². The first-order chi connectivity index (χ1) is 9.11. The molecule has 1 N–H and O–H groups in total. The largest absolute Gasteiger partial charge is 0.370 e. The summed E-state index contributed by atoms with van der Waals surface area (Å²) >= 11 is 0. The fourth-order valence-corrected chi connectivity index (χ4v) is 1.93. The monoisotopic (exact) mass is 259 g/mol. The third-order valence-electron chi connectivity index (χ3n) is 2.92. The number of nitrogens with zero attached hydrogens (tertiary/aromatic N) is 2. The first-order valence-corrected chi connectivity index (χ1v) is 6.47. The number of rotatable bonds is 4. The zero-order chi connectivity index (χ0) is 13.8. The summed E-state index contributed by atoms with van der Waals surface area (Å²) in [6, 6.07) is 6.39. The smallest absolute Gasteiger partial charge is 0.133 e. The van der Waals surface area contributed by atoms with E-state index in [1.165, 1.54) is 12.1 Å². The van der Waals surface area contributed by atoms with Gasteiger partial charge in [-0.3, -0.25) is 0 Å². The highest BCUT2D eigenvalue weighted by atomic mass is 19.1. The van der Waals surface area contributed by atoms with Crippen molar-refractivity contribution in [3.05, 3.63) is 41.5 Å². The Morgan fingerprint density at radius 3 is 2.42 bits per heavy atom. The molecule has 1 heterocycles. The van der Waals surface area contributed by atoms with Gasteiger partial charge in [-0.15, -0.1) is 0 Å². The van der Waals surface area contributed by atoms with Crippen LogP contribution in [-0.4, -0.2) is 16.5 Å². The van der Waals surface area contributed by atoms with E-state index < -0.39 is 0 Å². The van der Waals surface area contributed by atoms with Crippen molar-refractivity contribution >= 4 is 5.82 Å². The van der Waals surface area contributed by atoms with Gasteiger partial charge in [-0.25, -0.2) is 14.4 Å². The van der Waals surface area contributed by atoms with E-state index in [4.69, 9.17) is 0 Å². The second-order valence-electron chi connectivity index (χ2n) is 4.53. The quantitative estimate of drug-likeness (QED) is 0.909. The van der Waals surface area contributed by atoms with Crippen LogP contribution in [0, 0.1) is 19.7 Å². The van der Waals surface area contributed by atoms with Crippen LogP contribution in [0.4, 0.5) is 10.2 Å². The molecule has 0 radical (unpaired) electrons. The van der Waals surface area contributed by atoms with Crippen molar-refractivity contribution in [3.63, 3.8) is 0 Å². The molecule has 100 valence electrons. The summed E-state index contributed by atoms with van der Waals surface area (Å²) in [5.74, 6) is 1.33. The van der Waals surface area contributed by atoms with Crippen LogP contribution in [0.5, 0.6) is 0 Å². The number of hydrogen-bond donors (Lipinski definition) is 1. The van der Waals surface area contributed by atoms with Crippen molar-refractivity contribution in [1.29, 1.82) is 0 Å². The van der Waals surface area contributed by atoms with Gasteiger partial charge in [0.2, 0.25) is 0 Å². The van der Waals surface area contributed by atoms with Gasteiger partial charge in [0.15, 0.2) is 0 Å². The highest BCUT2D eigenvalue weighted by Crippen LogP contribution is 2.25. The fraction of sp³-hybridized carbons (Fsp3) is 0.333. The van der Waals surface area contributed by atoms with E-state index in [2.05, 4.69) is 22.2 Å². The molecule has 0 bridgehead atoms. The van der Waals surface area contributed by atoms with Crippen LogP contribution in [0.25, 0.3) is 11.3 Å². The SMILES string of the molecule is CCCNc1nc(C)nc(-c2ccc(F)cc2)c1C. The molecule has 4 heteroatoms. The van der Waals surface area contributed by atoms with Crippen LogP contribution in [0.1, 0.15) is 24.7 Å². The molecule has 0 saturated carbocycles. The number of anilines is 1. The van der Waals surface area contributed by atoms with Crippen molar-refractivity contribution in [2.45, 2.75) is 27.2 Å². The highest BCUT2D eigenvalue weighted by molar-refractivity contribution is 5.68. The fourth-order valence-electron chi connectivity index (χ4n) is 1.93. The lowest BCUT2D eigenvalue weighted by Crippen LogP contribution is -2.07. The molecule has 0 atom stereocenters. The first kappa shape index (κ1) is 13.5. The molecule has 3 nitrogen and oxygen atoms in total. The number of nitrogens with one attached hydrogen (secondary N) is 1. The zero-order valence-electron chi connectivity index (χ0n) is 11.5. The summed E-state index contributed by atoms with van der Waals surface area (Å²) in [5, 5.41) is 3.30. The molecular weight excluding hydrogens is 241 g/mol. The second-order valence-corrected chi connectivity index (χ2v) is 4.53. The van der Waals surface area contributed by atoms with Gasteiger partial charge in [0.1, 0.15) is 17.5 Å². The van der Waals surface area contributed by atoms with Crippen molar-refractivity contribution in [2.24, 2.45) is 0 Å². The molecule has 0 spiro atoms. The minimum Gasteiger partial charge on any atom is -0.370 e. The molecule has 0 aliphatic carbocycles. The Bertz CT molecular complexity index is 564. The summed E-state index contributed by atoms with van der Waals surface area (Å²) < 4.78 is 13.0. The Morgan fingerprint density at radius 2 is 1.79 bits per heavy atom. The third kappa shape index (κ3) is 3.08. The zero-order valence-corrected chi connectivity index (χ0v) is 11.5. The number of aryl methyl sites for hydroxylation is 1. The standard InChI is InChI=1S/C15H18FN3/c1-4-9-17-15-10(2)14(18-11(3)19-15)12-5-7-13(16)8-6-12/h5-8H,4,9H2,1-3H3,(H,17,18,19). The Balaban J connectivity index is 2.45. The first-order valence-electron chi connectivity index (χ1n) is 6.47. The third-order valence-corrected chi connectivity index (χ3v) is 2.92. The van der Waals surface area contributed by atoms with E-state index in [9.17, 15) is 4.39 Å². The summed E-state index contributed by atoms with van der Waals surface area (Å²) in [4.78, 5) is 8.89. The molecule has 1 aromatic carbocycles. The molecule has 19 heavy (non-hydrogen) atoms. The summed E-state index contributed by atoms with van der Waals surface area (Å²) in [6.45, 7) is 6.83. The Hall–Kier alpha value is -1.97. The highest BCUT2D eigenvalue weighted by Gasteiger charge is 2.10. The van der Waals surface area contributed by atoms with Gasteiger partial charge in [-0.1, -0.05) is 6.92 Å². The molecule has 0 aliphatic rings. The molecule has 2 aromatic rings. The number of benzene rings is 1. The average molecular weight is 259 g/mol. The van der Waals surface area contributed by atoms with Crippen LogP contribution < -0.4 is 5.32 Å². The van der Waals surface area contributed by atoms with Gasteiger partial charge in [0.05, 0.1) is 5.69 Å². The normalized spacial score (nSPS) is 10.5. The van der Waals surface area contributed by atoms with Gasteiger partial charge in [0, 0.05) is 17.7 Å². The van der Waals surface area contributed by atoms with E-state index in [1.807, 2.05) is 13.8 Å². The predicted molar refractivity (Wildman–Crippen MR) is 75.7 cm³/mol. The van der Waals surface area contributed by atoms with Gasteiger partial charge in [-0.2, -0.15) is 0 Å². The molecule has 0 fully saturated rings. The van der Waals surface area contributed by atoms with Crippen molar-refractivity contribution in [1.82, 2.24) is 9.97 Å². The predicted octanol–water partition coefficient (Wildman–Crippen LogP) is 3.72. The lowest BCUT2D eigenvalue weighted by molar-refractivity contribution is 0.628. The molecule has 2 rings (SSSR count). The number of hydrogen-bond acceptors (Lipinski definition) is 3. The van der Waals surface area contributed by atoms with Crippen molar-refractivity contribution in [2.75, 3.05) is 11.9 Å². The maximum Gasteiger partial charge on any atom is 0.133 e. The van der Waals surface area contributed by atoms with Gasteiger partial charge < -0.3 is 5.32 Å². The van der Waals surface area contributed by atoms with Crippen LogP contribution in [-0.2, 0) is 0 Å². The van der Waals surface area contributed by atoms with Crippen molar-refractivity contribution < 1.29 is 4.39 Å². The summed E-state index contributed by atoms with van der Waals surface area (Å²) in [7, 11) is 0.